The summed E-state index contributed by atoms with van der Waals surface area (Å²) in [4.78, 5) is 14.9. The second-order valence-corrected chi connectivity index (χ2v) is 5.52. The molecule has 3 atom stereocenters. The zero-order chi connectivity index (χ0) is 14.1. The van der Waals surface area contributed by atoms with E-state index in [1.807, 2.05) is 55.6 Å². The van der Waals surface area contributed by atoms with Crippen LogP contribution >= 0.6 is 0 Å². The van der Waals surface area contributed by atoms with Crippen LogP contribution in [0, 0.1) is 0 Å². The Morgan fingerprint density at radius 1 is 0.950 bits per heavy atom. The first-order valence-electron chi connectivity index (χ1n) is 7.06. The summed E-state index contributed by atoms with van der Waals surface area (Å²) < 4.78 is 0. The summed E-state index contributed by atoms with van der Waals surface area (Å²) in [6.07, 6.45) is 0. The molecule has 1 heterocycles. The highest BCUT2D eigenvalue weighted by Crippen LogP contribution is 2.40. The van der Waals surface area contributed by atoms with Crippen molar-refractivity contribution in [1.29, 1.82) is 0 Å². The zero-order valence-corrected chi connectivity index (χ0v) is 11.9. The van der Waals surface area contributed by atoms with Crippen LogP contribution in [0.15, 0.2) is 60.7 Å². The first kappa shape index (κ1) is 13.1. The van der Waals surface area contributed by atoms with E-state index >= 15 is 0 Å². The van der Waals surface area contributed by atoms with Crippen molar-refractivity contribution in [3.05, 3.63) is 71.8 Å². The summed E-state index contributed by atoms with van der Waals surface area (Å²) in [6.45, 7) is 2.19. The molecule has 1 aliphatic heterocycles. The van der Waals surface area contributed by atoms with Crippen LogP contribution in [0.2, 0.25) is 0 Å². The molecule has 1 fully saturated rings. The minimum atomic E-state index is -0.0465. The fourth-order valence-corrected chi connectivity index (χ4v) is 3.18. The number of benzene rings is 2. The zero-order valence-electron chi connectivity index (χ0n) is 11.9. The average molecular weight is 265 g/mol. The molecule has 1 saturated heterocycles. The minimum absolute atomic E-state index is 0.0465. The van der Waals surface area contributed by atoms with Gasteiger partial charge in [-0.2, -0.15) is 0 Å². The molecule has 20 heavy (non-hydrogen) atoms. The number of nitrogens with zero attached hydrogens (tertiary/aromatic N) is 1. The van der Waals surface area contributed by atoms with Crippen molar-refractivity contribution in [3.63, 3.8) is 0 Å². The van der Waals surface area contributed by atoms with Crippen LogP contribution < -0.4 is 0 Å². The van der Waals surface area contributed by atoms with Gasteiger partial charge in [0.2, 0.25) is 0 Å². The lowest BCUT2D eigenvalue weighted by Gasteiger charge is -2.51. The first-order valence-corrected chi connectivity index (χ1v) is 7.06. The van der Waals surface area contributed by atoms with Crippen LogP contribution in [0.5, 0.6) is 0 Å². The lowest BCUT2D eigenvalue weighted by atomic mass is 9.73. The van der Waals surface area contributed by atoms with Gasteiger partial charge >= 0.3 is 0 Å². The van der Waals surface area contributed by atoms with Crippen molar-refractivity contribution in [2.45, 2.75) is 24.9 Å². The SMILES string of the molecule is C[C@H]1[C@H](c2ccccc2)[C@@H](C(=O)c2ccccc2)N1C. The maximum absolute atomic E-state index is 12.7. The van der Waals surface area contributed by atoms with Gasteiger partial charge < -0.3 is 0 Å². The lowest BCUT2D eigenvalue weighted by molar-refractivity contribution is 0.0231. The van der Waals surface area contributed by atoms with Crippen molar-refractivity contribution in [1.82, 2.24) is 4.90 Å². The molecule has 2 nitrogen and oxygen atoms in total. The van der Waals surface area contributed by atoms with Gasteiger partial charge in [-0.15, -0.1) is 0 Å². The molecule has 2 aromatic rings. The first-order chi connectivity index (χ1) is 9.70. The fourth-order valence-electron chi connectivity index (χ4n) is 3.18. The summed E-state index contributed by atoms with van der Waals surface area (Å²) in [7, 11) is 2.04. The van der Waals surface area contributed by atoms with Gasteiger partial charge in [0.25, 0.3) is 0 Å². The standard InChI is InChI=1S/C18H19NO/c1-13-16(14-9-5-3-6-10-14)17(19(13)2)18(20)15-11-7-4-8-12-15/h3-13,16-17H,1-2H3/t13-,16+,17-/m0/s1. The molecule has 0 aromatic heterocycles. The molecule has 2 aromatic carbocycles. The largest absolute Gasteiger partial charge is 0.292 e. The molecule has 0 unspecified atom stereocenters. The average Bonchev–Trinajstić information content (AvgIpc) is 2.52. The van der Waals surface area contributed by atoms with Crippen molar-refractivity contribution >= 4 is 5.78 Å². The molecule has 0 amide bonds. The van der Waals surface area contributed by atoms with E-state index in [1.165, 1.54) is 5.56 Å². The Bertz CT molecular complexity index is 593. The van der Waals surface area contributed by atoms with E-state index in [2.05, 4.69) is 24.0 Å². The van der Waals surface area contributed by atoms with Gasteiger partial charge in [0.15, 0.2) is 5.78 Å². The highest BCUT2D eigenvalue weighted by Gasteiger charge is 2.48. The molecule has 102 valence electrons. The minimum Gasteiger partial charge on any atom is -0.292 e. The summed E-state index contributed by atoms with van der Waals surface area (Å²) in [5.41, 5.74) is 2.06. The van der Waals surface area contributed by atoms with Gasteiger partial charge in [-0.1, -0.05) is 60.7 Å². The van der Waals surface area contributed by atoms with Gasteiger partial charge in [-0.25, -0.2) is 0 Å². The van der Waals surface area contributed by atoms with Gasteiger partial charge in [-0.05, 0) is 19.5 Å². The van der Waals surface area contributed by atoms with Crippen LogP contribution in [-0.4, -0.2) is 29.8 Å². The number of hydrogen-bond donors (Lipinski definition) is 0. The molecule has 3 rings (SSSR count). The van der Waals surface area contributed by atoms with Gasteiger partial charge in [0.05, 0.1) is 6.04 Å². The Labute approximate surface area is 120 Å². The molecule has 0 bridgehead atoms. The van der Waals surface area contributed by atoms with E-state index in [-0.39, 0.29) is 17.7 Å². The van der Waals surface area contributed by atoms with E-state index in [9.17, 15) is 4.79 Å². The predicted octanol–water partition coefficient (Wildman–Crippen LogP) is 3.36. The molecule has 2 heteroatoms. The van der Waals surface area contributed by atoms with Crippen LogP contribution in [0.3, 0.4) is 0 Å². The monoisotopic (exact) mass is 265 g/mol. The Morgan fingerprint density at radius 3 is 2.10 bits per heavy atom. The number of ketones is 1. The van der Waals surface area contributed by atoms with Gasteiger partial charge in [0, 0.05) is 17.5 Å². The second kappa shape index (κ2) is 5.22. The number of rotatable bonds is 3. The van der Waals surface area contributed by atoms with Crippen molar-refractivity contribution in [2.75, 3.05) is 7.05 Å². The summed E-state index contributed by atoms with van der Waals surface area (Å²) >= 11 is 0. The number of carbonyl (C=O) groups excluding carboxylic acids is 1. The molecule has 0 radical (unpaired) electrons. The quantitative estimate of drug-likeness (QED) is 0.793. The van der Waals surface area contributed by atoms with E-state index in [1.54, 1.807) is 0 Å². The summed E-state index contributed by atoms with van der Waals surface area (Å²) in [6, 6.07) is 20.3. The van der Waals surface area contributed by atoms with E-state index < -0.39 is 0 Å². The molecule has 0 N–H and O–H groups in total. The van der Waals surface area contributed by atoms with Crippen molar-refractivity contribution in [3.8, 4) is 0 Å². The third kappa shape index (κ3) is 2.06. The smallest absolute Gasteiger partial charge is 0.180 e. The third-order valence-electron chi connectivity index (χ3n) is 4.45. The number of Topliss-reactive ketones (excluding diaryl/α,β-unsaturated/α-hetero) is 1. The Kier molecular flexibility index (Phi) is 3.41. The van der Waals surface area contributed by atoms with E-state index in [0.29, 0.717) is 6.04 Å². The fraction of sp³-hybridized carbons (Fsp3) is 0.278. The third-order valence-corrected chi connectivity index (χ3v) is 4.45. The highest BCUT2D eigenvalue weighted by atomic mass is 16.1. The van der Waals surface area contributed by atoms with Crippen molar-refractivity contribution < 1.29 is 4.79 Å². The molecular weight excluding hydrogens is 246 g/mol. The molecule has 0 saturated carbocycles. The van der Waals surface area contributed by atoms with Crippen LogP contribution in [0.25, 0.3) is 0 Å². The Balaban J connectivity index is 1.90. The highest BCUT2D eigenvalue weighted by molar-refractivity contribution is 6.01. The molecule has 0 aliphatic carbocycles. The van der Waals surface area contributed by atoms with Crippen molar-refractivity contribution in [2.24, 2.45) is 0 Å². The van der Waals surface area contributed by atoms with Gasteiger partial charge in [-0.3, -0.25) is 9.69 Å². The summed E-state index contributed by atoms with van der Waals surface area (Å²) in [5, 5.41) is 0. The van der Waals surface area contributed by atoms with E-state index in [4.69, 9.17) is 0 Å². The predicted molar refractivity (Wildman–Crippen MR) is 81.0 cm³/mol. The maximum atomic E-state index is 12.7. The summed E-state index contributed by atoms with van der Waals surface area (Å²) in [5.74, 6) is 0.508. The second-order valence-electron chi connectivity index (χ2n) is 5.52. The van der Waals surface area contributed by atoms with Crippen LogP contribution in [-0.2, 0) is 0 Å². The topological polar surface area (TPSA) is 20.3 Å². The number of hydrogen-bond acceptors (Lipinski definition) is 2. The van der Waals surface area contributed by atoms with E-state index in [0.717, 1.165) is 5.56 Å². The number of carbonyl (C=O) groups is 1. The number of likely N-dealkylation sites (N-methyl/N-ethyl adjacent to an activating group) is 1. The number of likely N-dealkylation sites (tertiary alicyclic amines) is 1. The van der Waals surface area contributed by atoms with Gasteiger partial charge in [0.1, 0.15) is 0 Å². The lowest BCUT2D eigenvalue weighted by Crippen LogP contribution is -2.62. The molecule has 1 aliphatic rings. The normalized spacial score (nSPS) is 26.0. The maximum Gasteiger partial charge on any atom is 0.180 e. The Hall–Kier alpha value is -1.93. The Morgan fingerprint density at radius 2 is 1.50 bits per heavy atom. The molecule has 0 spiro atoms. The van der Waals surface area contributed by atoms with Crippen LogP contribution in [0.4, 0.5) is 0 Å². The molecular formula is C18H19NO. The van der Waals surface area contributed by atoms with Crippen LogP contribution in [0.1, 0.15) is 28.8 Å².